The van der Waals surface area contributed by atoms with Gasteiger partial charge in [-0.25, -0.2) is 0 Å². The highest BCUT2D eigenvalue weighted by atomic mass is 16.5. The maximum atomic E-state index is 9.64. The van der Waals surface area contributed by atoms with Crippen LogP contribution in [0.15, 0.2) is 24.4 Å². The Morgan fingerprint density at radius 1 is 1.39 bits per heavy atom. The van der Waals surface area contributed by atoms with Gasteiger partial charge >= 0.3 is 0 Å². The SMILES string of the molecule is COCCCOCC(O)CNCc1ccccn1. The zero-order chi connectivity index (χ0) is 13.1. The number of pyridine rings is 1. The van der Waals surface area contributed by atoms with Gasteiger partial charge in [-0.1, -0.05) is 6.07 Å². The summed E-state index contributed by atoms with van der Waals surface area (Å²) in [6.07, 6.45) is 2.12. The molecule has 1 heterocycles. The number of hydrogen-bond acceptors (Lipinski definition) is 5. The Balaban J connectivity index is 1.98. The second-order valence-electron chi connectivity index (χ2n) is 4.03. The molecule has 0 saturated carbocycles. The fourth-order valence-electron chi connectivity index (χ4n) is 1.45. The molecular weight excluding hydrogens is 232 g/mol. The van der Waals surface area contributed by atoms with Crippen molar-refractivity contribution in [1.29, 1.82) is 0 Å². The number of aromatic nitrogens is 1. The minimum absolute atomic E-state index is 0.346. The minimum atomic E-state index is -0.490. The summed E-state index contributed by atoms with van der Waals surface area (Å²) in [4.78, 5) is 4.18. The number of methoxy groups -OCH3 is 1. The molecule has 0 aliphatic carbocycles. The summed E-state index contributed by atoms with van der Waals surface area (Å²) in [5, 5.41) is 12.8. The van der Waals surface area contributed by atoms with Crippen molar-refractivity contribution >= 4 is 0 Å². The molecule has 0 aromatic carbocycles. The molecule has 102 valence electrons. The maximum absolute atomic E-state index is 9.64. The van der Waals surface area contributed by atoms with E-state index in [1.54, 1.807) is 13.3 Å². The summed E-state index contributed by atoms with van der Waals surface area (Å²) >= 11 is 0. The third-order valence-corrected chi connectivity index (χ3v) is 2.36. The molecule has 0 radical (unpaired) electrons. The second-order valence-corrected chi connectivity index (χ2v) is 4.03. The minimum Gasteiger partial charge on any atom is -0.389 e. The lowest BCUT2D eigenvalue weighted by atomic mass is 10.3. The molecule has 1 unspecified atom stereocenters. The lowest BCUT2D eigenvalue weighted by Crippen LogP contribution is -2.30. The van der Waals surface area contributed by atoms with Crippen LogP contribution in [0.1, 0.15) is 12.1 Å². The average molecular weight is 254 g/mol. The van der Waals surface area contributed by atoms with Crippen LogP contribution in [-0.2, 0) is 16.0 Å². The first-order chi connectivity index (χ1) is 8.83. The molecular formula is C13H22N2O3. The molecule has 0 fully saturated rings. The Bertz CT molecular complexity index is 296. The number of aliphatic hydroxyl groups excluding tert-OH is 1. The molecule has 0 aliphatic heterocycles. The molecule has 0 bridgehead atoms. The van der Waals surface area contributed by atoms with Crippen molar-refractivity contribution in [2.75, 3.05) is 33.5 Å². The van der Waals surface area contributed by atoms with Gasteiger partial charge < -0.3 is 19.9 Å². The first-order valence-electron chi connectivity index (χ1n) is 6.18. The van der Waals surface area contributed by atoms with Crippen LogP contribution in [-0.4, -0.2) is 49.7 Å². The second kappa shape index (κ2) is 9.96. The number of ether oxygens (including phenoxy) is 2. The Labute approximate surface area is 108 Å². The number of nitrogens with zero attached hydrogens (tertiary/aromatic N) is 1. The largest absolute Gasteiger partial charge is 0.389 e. The zero-order valence-electron chi connectivity index (χ0n) is 10.8. The molecule has 1 aromatic heterocycles. The Morgan fingerprint density at radius 3 is 3.00 bits per heavy atom. The molecule has 2 N–H and O–H groups in total. The predicted molar refractivity (Wildman–Crippen MR) is 69.3 cm³/mol. The quantitative estimate of drug-likeness (QED) is 0.598. The highest BCUT2D eigenvalue weighted by molar-refractivity contribution is 5.02. The van der Waals surface area contributed by atoms with E-state index < -0.39 is 6.10 Å². The molecule has 0 amide bonds. The van der Waals surface area contributed by atoms with E-state index in [9.17, 15) is 5.11 Å². The number of aliphatic hydroxyl groups is 1. The van der Waals surface area contributed by atoms with Gasteiger partial charge in [0.15, 0.2) is 0 Å². The lowest BCUT2D eigenvalue weighted by molar-refractivity contribution is 0.0288. The fraction of sp³-hybridized carbons (Fsp3) is 0.615. The first-order valence-corrected chi connectivity index (χ1v) is 6.18. The van der Waals surface area contributed by atoms with E-state index in [0.717, 1.165) is 12.1 Å². The molecule has 1 rings (SSSR count). The van der Waals surface area contributed by atoms with Crippen molar-refractivity contribution in [2.45, 2.75) is 19.1 Å². The van der Waals surface area contributed by atoms with Crippen LogP contribution in [0.25, 0.3) is 0 Å². The normalized spacial score (nSPS) is 12.6. The molecule has 5 nitrogen and oxygen atoms in total. The van der Waals surface area contributed by atoms with Crippen molar-refractivity contribution < 1.29 is 14.6 Å². The highest BCUT2D eigenvalue weighted by Crippen LogP contribution is 1.93. The van der Waals surface area contributed by atoms with Crippen molar-refractivity contribution in [2.24, 2.45) is 0 Å². The van der Waals surface area contributed by atoms with Crippen LogP contribution >= 0.6 is 0 Å². The maximum Gasteiger partial charge on any atom is 0.0897 e. The van der Waals surface area contributed by atoms with Crippen LogP contribution < -0.4 is 5.32 Å². The monoisotopic (exact) mass is 254 g/mol. The average Bonchev–Trinajstić information content (AvgIpc) is 2.40. The third-order valence-electron chi connectivity index (χ3n) is 2.36. The van der Waals surface area contributed by atoms with Gasteiger partial charge in [-0.05, 0) is 18.6 Å². The molecule has 0 spiro atoms. The standard InChI is InChI=1S/C13H22N2O3/c1-17-7-4-8-18-11-13(16)10-14-9-12-5-2-3-6-15-12/h2-3,5-6,13-14,16H,4,7-11H2,1H3. The Hall–Kier alpha value is -1.01. The molecule has 0 saturated heterocycles. The summed E-state index contributed by atoms with van der Waals surface area (Å²) in [5.41, 5.74) is 0.964. The van der Waals surface area contributed by atoms with Crippen LogP contribution in [0.3, 0.4) is 0 Å². The van der Waals surface area contributed by atoms with Gasteiger partial charge in [0, 0.05) is 39.6 Å². The molecule has 0 aliphatic rings. The topological polar surface area (TPSA) is 63.6 Å². The van der Waals surface area contributed by atoms with Crippen molar-refractivity contribution in [3.05, 3.63) is 30.1 Å². The van der Waals surface area contributed by atoms with Crippen LogP contribution in [0, 0.1) is 0 Å². The third kappa shape index (κ3) is 7.34. The van der Waals surface area contributed by atoms with Crippen LogP contribution in [0.5, 0.6) is 0 Å². The molecule has 1 atom stereocenters. The Kier molecular flexibility index (Phi) is 8.33. The van der Waals surface area contributed by atoms with E-state index in [-0.39, 0.29) is 0 Å². The molecule has 5 heteroatoms. The summed E-state index contributed by atoms with van der Waals surface area (Å²) < 4.78 is 10.2. The smallest absolute Gasteiger partial charge is 0.0897 e. The summed E-state index contributed by atoms with van der Waals surface area (Å²) in [6.45, 7) is 2.81. The van der Waals surface area contributed by atoms with E-state index >= 15 is 0 Å². The number of nitrogens with one attached hydrogen (secondary N) is 1. The van der Waals surface area contributed by atoms with Gasteiger partial charge in [-0.15, -0.1) is 0 Å². The van der Waals surface area contributed by atoms with E-state index in [4.69, 9.17) is 9.47 Å². The lowest BCUT2D eigenvalue weighted by Gasteiger charge is -2.12. The first kappa shape index (κ1) is 15.0. The van der Waals surface area contributed by atoms with Gasteiger partial charge in [0.2, 0.25) is 0 Å². The van der Waals surface area contributed by atoms with Gasteiger partial charge in [0.1, 0.15) is 0 Å². The van der Waals surface area contributed by atoms with Crippen LogP contribution in [0.4, 0.5) is 0 Å². The van der Waals surface area contributed by atoms with Crippen molar-refractivity contribution in [3.8, 4) is 0 Å². The fourth-order valence-corrected chi connectivity index (χ4v) is 1.45. The van der Waals surface area contributed by atoms with Crippen molar-refractivity contribution in [1.82, 2.24) is 10.3 Å². The van der Waals surface area contributed by atoms with Gasteiger partial charge in [0.05, 0.1) is 18.4 Å². The molecule has 18 heavy (non-hydrogen) atoms. The van der Waals surface area contributed by atoms with Gasteiger partial charge in [-0.3, -0.25) is 4.98 Å². The number of hydrogen-bond donors (Lipinski definition) is 2. The molecule has 1 aromatic rings. The summed E-state index contributed by atoms with van der Waals surface area (Å²) in [6, 6.07) is 5.77. The Morgan fingerprint density at radius 2 is 2.28 bits per heavy atom. The van der Waals surface area contributed by atoms with Crippen molar-refractivity contribution in [3.63, 3.8) is 0 Å². The van der Waals surface area contributed by atoms with E-state index in [1.165, 1.54) is 0 Å². The van der Waals surface area contributed by atoms with E-state index in [1.807, 2.05) is 18.2 Å². The van der Waals surface area contributed by atoms with E-state index in [2.05, 4.69) is 10.3 Å². The predicted octanol–water partition coefficient (Wildman–Crippen LogP) is 0.585. The number of rotatable bonds is 10. The van der Waals surface area contributed by atoms with Gasteiger partial charge in [0.25, 0.3) is 0 Å². The summed E-state index contributed by atoms with van der Waals surface area (Å²) in [7, 11) is 1.66. The summed E-state index contributed by atoms with van der Waals surface area (Å²) in [5.74, 6) is 0. The zero-order valence-corrected chi connectivity index (χ0v) is 10.8. The highest BCUT2D eigenvalue weighted by Gasteiger charge is 2.03. The van der Waals surface area contributed by atoms with Gasteiger partial charge in [-0.2, -0.15) is 0 Å². The van der Waals surface area contributed by atoms with Crippen LogP contribution in [0.2, 0.25) is 0 Å². The van der Waals surface area contributed by atoms with E-state index in [0.29, 0.717) is 32.9 Å².